The average molecular weight is 483 g/mol. The lowest BCUT2D eigenvalue weighted by Gasteiger charge is -2.28. The Labute approximate surface area is 191 Å². The lowest BCUT2D eigenvalue weighted by molar-refractivity contribution is 0.245. The first kappa shape index (κ1) is 24.4. The zero-order valence-corrected chi connectivity index (χ0v) is 19.6. The minimum absolute atomic E-state index is 0.121. The van der Waals surface area contributed by atoms with Gasteiger partial charge < -0.3 is 14.8 Å². The third-order valence-corrected chi connectivity index (χ3v) is 6.22. The first-order chi connectivity index (χ1) is 15.6. The molecule has 1 aliphatic carbocycles. The molecule has 33 heavy (non-hydrogen) atoms. The molecule has 1 fully saturated rings. The predicted octanol–water partition coefficient (Wildman–Crippen LogP) is 2.12. The van der Waals surface area contributed by atoms with Crippen LogP contribution in [0.2, 0.25) is 0 Å². The van der Waals surface area contributed by atoms with Crippen molar-refractivity contribution in [2.45, 2.75) is 52.1 Å². The summed E-state index contributed by atoms with van der Waals surface area (Å²) in [6, 6.07) is 3.42. The van der Waals surface area contributed by atoms with E-state index < -0.39 is 28.1 Å². The van der Waals surface area contributed by atoms with Gasteiger partial charge in [-0.15, -0.1) is 4.98 Å². The van der Waals surface area contributed by atoms with E-state index in [0.29, 0.717) is 25.5 Å². The highest BCUT2D eigenvalue weighted by Gasteiger charge is 2.43. The molecule has 0 aliphatic heterocycles. The van der Waals surface area contributed by atoms with Crippen molar-refractivity contribution in [2.75, 3.05) is 17.5 Å². The van der Waals surface area contributed by atoms with Crippen LogP contribution >= 0.6 is 0 Å². The molecular formula is C20H27FN6O5S. The van der Waals surface area contributed by atoms with Crippen LogP contribution in [0.1, 0.15) is 45.9 Å². The molecule has 2 amide bonds. The van der Waals surface area contributed by atoms with E-state index >= 15 is 0 Å². The minimum Gasteiger partial charge on any atom is -0.464 e. The molecule has 3 rings (SSSR count). The fourth-order valence-corrected chi connectivity index (χ4v) is 4.56. The van der Waals surface area contributed by atoms with Crippen molar-refractivity contribution in [1.29, 1.82) is 0 Å². The van der Waals surface area contributed by atoms with Crippen LogP contribution in [0.15, 0.2) is 24.3 Å². The van der Waals surface area contributed by atoms with E-state index in [1.165, 1.54) is 12.1 Å². The van der Waals surface area contributed by atoms with Gasteiger partial charge >= 0.3 is 28.3 Å². The fourth-order valence-electron chi connectivity index (χ4n) is 3.21. The van der Waals surface area contributed by atoms with E-state index in [1.54, 1.807) is 27.7 Å². The van der Waals surface area contributed by atoms with E-state index in [1.807, 2.05) is 4.72 Å². The zero-order valence-electron chi connectivity index (χ0n) is 18.8. The third-order valence-electron chi connectivity index (χ3n) is 4.63. The van der Waals surface area contributed by atoms with Gasteiger partial charge in [0.1, 0.15) is 11.6 Å². The van der Waals surface area contributed by atoms with Gasteiger partial charge in [0, 0.05) is 18.0 Å². The summed E-state index contributed by atoms with van der Waals surface area (Å²) in [5, 5.41) is 2.62. The quantitative estimate of drug-likeness (QED) is 0.526. The number of aromatic nitrogens is 3. The van der Waals surface area contributed by atoms with Crippen LogP contribution in [-0.4, -0.2) is 54.7 Å². The van der Waals surface area contributed by atoms with Crippen molar-refractivity contribution >= 4 is 21.9 Å². The zero-order chi connectivity index (χ0) is 24.2. The molecule has 1 heterocycles. The predicted molar refractivity (Wildman–Crippen MR) is 118 cm³/mol. The maximum atomic E-state index is 13.2. The number of carbonyl (C=O) groups is 1. The minimum atomic E-state index is -4.25. The Morgan fingerprint density at radius 3 is 2.21 bits per heavy atom. The normalized spacial score (nSPS) is 17.4. The summed E-state index contributed by atoms with van der Waals surface area (Å²) in [6.45, 7) is 7.60. The molecule has 0 saturated heterocycles. The Morgan fingerprint density at radius 1 is 1.12 bits per heavy atom. The second-order valence-corrected chi connectivity index (χ2v) is 9.07. The first-order valence-electron chi connectivity index (χ1n) is 10.5. The number of hydrogen-bond donors (Lipinski definition) is 2. The van der Waals surface area contributed by atoms with E-state index in [9.17, 15) is 17.6 Å². The van der Waals surface area contributed by atoms with Crippen molar-refractivity contribution in [3.05, 3.63) is 35.9 Å². The molecule has 2 aromatic rings. The lowest BCUT2D eigenvalue weighted by atomic mass is 10.3. The molecule has 2 N–H and O–H groups in total. The summed E-state index contributed by atoms with van der Waals surface area (Å²) in [4.78, 5) is 25.0. The number of urea groups is 1. The highest BCUT2D eigenvalue weighted by Crippen LogP contribution is 2.39. The fraction of sp³-hybridized carbons (Fsp3) is 0.500. The second-order valence-electron chi connectivity index (χ2n) is 7.52. The van der Waals surface area contributed by atoms with Gasteiger partial charge in [-0.25, -0.2) is 13.9 Å². The van der Waals surface area contributed by atoms with Gasteiger partial charge in [0.05, 0.1) is 18.9 Å². The number of rotatable bonds is 10. The molecule has 1 aliphatic rings. The largest absolute Gasteiger partial charge is 0.464 e. The maximum absolute atomic E-state index is 13.2. The van der Waals surface area contributed by atoms with E-state index in [2.05, 4.69) is 20.3 Å². The summed E-state index contributed by atoms with van der Waals surface area (Å²) < 4.78 is 52.6. The molecule has 1 aromatic carbocycles. The van der Waals surface area contributed by atoms with Crippen molar-refractivity contribution in [1.82, 2.24) is 25.0 Å². The smallest absolute Gasteiger partial charge is 0.330 e. The molecule has 2 unspecified atom stereocenters. The van der Waals surface area contributed by atoms with Crippen LogP contribution in [0.4, 0.5) is 14.9 Å². The molecule has 2 atom stereocenters. The maximum Gasteiger partial charge on any atom is 0.330 e. The van der Waals surface area contributed by atoms with Gasteiger partial charge in [0.15, 0.2) is 0 Å². The van der Waals surface area contributed by atoms with Crippen LogP contribution in [0.25, 0.3) is 0 Å². The van der Waals surface area contributed by atoms with Crippen molar-refractivity contribution in [2.24, 2.45) is 0 Å². The molecule has 13 heteroatoms. The van der Waals surface area contributed by atoms with Crippen LogP contribution < -0.4 is 23.8 Å². The molecule has 1 aromatic heterocycles. The van der Waals surface area contributed by atoms with Crippen LogP contribution in [-0.2, 0) is 10.2 Å². The third kappa shape index (κ3) is 6.18. The Kier molecular flexibility index (Phi) is 7.51. The molecule has 0 bridgehead atoms. The van der Waals surface area contributed by atoms with Crippen LogP contribution in [0, 0.1) is 5.82 Å². The van der Waals surface area contributed by atoms with Gasteiger partial charge in [0.2, 0.25) is 0 Å². The summed E-state index contributed by atoms with van der Waals surface area (Å²) in [5.41, 5.74) is 0.230. The van der Waals surface area contributed by atoms with Gasteiger partial charge in [-0.05, 0) is 58.4 Å². The number of benzene rings is 1. The standard InChI is InChI=1S/C20H27FN6O5S/c1-5-31-19-23-17(24-20(25-19)32-6-2)15-11-16(15)22-18(28)26-33(29,30)27(12(3)4)14-9-7-13(21)8-10-14/h7-10,12,15-16H,5-6,11H2,1-4H3,(H2,22,26,28). The molecule has 0 spiro atoms. The van der Waals surface area contributed by atoms with Crippen molar-refractivity contribution in [3.63, 3.8) is 0 Å². The number of nitrogens with one attached hydrogen (secondary N) is 2. The highest BCUT2D eigenvalue weighted by atomic mass is 32.2. The average Bonchev–Trinajstić information content (AvgIpc) is 3.48. The second kappa shape index (κ2) is 10.1. The SMILES string of the molecule is CCOc1nc(OCC)nc(C2CC2NC(=O)NS(=O)(=O)N(c2ccc(F)cc2)C(C)C)n1. The summed E-state index contributed by atoms with van der Waals surface area (Å²) in [6.07, 6.45) is 0.514. The molecule has 11 nitrogen and oxygen atoms in total. The van der Waals surface area contributed by atoms with E-state index in [0.717, 1.165) is 16.4 Å². The number of halogens is 1. The van der Waals surface area contributed by atoms with E-state index in [4.69, 9.17) is 9.47 Å². The van der Waals surface area contributed by atoms with Crippen LogP contribution in [0.5, 0.6) is 12.0 Å². The summed E-state index contributed by atoms with van der Waals surface area (Å²) >= 11 is 0. The monoisotopic (exact) mass is 482 g/mol. The Bertz CT molecular complexity index is 1060. The molecule has 0 radical (unpaired) electrons. The number of hydrogen-bond acceptors (Lipinski definition) is 8. The van der Waals surface area contributed by atoms with Gasteiger partial charge in [0.25, 0.3) is 0 Å². The van der Waals surface area contributed by atoms with Gasteiger partial charge in [-0.3, -0.25) is 4.31 Å². The first-order valence-corrected chi connectivity index (χ1v) is 12.0. The number of amides is 2. The number of anilines is 1. The van der Waals surface area contributed by atoms with Crippen molar-refractivity contribution in [3.8, 4) is 12.0 Å². The number of carbonyl (C=O) groups excluding carboxylic acids is 1. The highest BCUT2D eigenvalue weighted by molar-refractivity contribution is 7.91. The summed E-state index contributed by atoms with van der Waals surface area (Å²) in [5.74, 6) is -0.345. The van der Waals surface area contributed by atoms with Crippen molar-refractivity contribution < 1.29 is 27.1 Å². The van der Waals surface area contributed by atoms with Gasteiger partial charge in [-0.1, -0.05) is 0 Å². The van der Waals surface area contributed by atoms with E-state index in [-0.39, 0.29) is 29.7 Å². The number of ether oxygens (including phenoxy) is 2. The topological polar surface area (TPSA) is 136 Å². The Morgan fingerprint density at radius 2 is 1.70 bits per heavy atom. The Hall–Kier alpha value is -3.22. The van der Waals surface area contributed by atoms with Gasteiger partial charge in [-0.2, -0.15) is 18.4 Å². The molecule has 1 saturated carbocycles. The molecule has 180 valence electrons. The summed E-state index contributed by atoms with van der Waals surface area (Å²) in [7, 11) is -4.25. The van der Waals surface area contributed by atoms with Crippen LogP contribution in [0.3, 0.4) is 0 Å². The molecular weight excluding hydrogens is 455 g/mol. The number of nitrogens with zero attached hydrogens (tertiary/aromatic N) is 4. The Balaban J connectivity index is 1.67. The lowest BCUT2D eigenvalue weighted by Crippen LogP contribution is -2.50.